The predicted octanol–water partition coefficient (Wildman–Crippen LogP) is 3.49. The third-order valence-electron chi connectivity index (χ3n) is 3.44. The Balaban J connectivity index is 2.09. The maximum atomic E-state index is 12.5. The SMILES string of the molecule is COc1ccc(C(=O)Nc2cccc(NC(=O)NC(C)C)c2)cc1OC. The van der Waals surface area contributed by atoms with E-state index in [4.69, 9.17) is 9.47 Å². The van der Waals surface area contributed by atoms with Gasteiger partial charge in [-0.1, -0.05) is 6.07 Å². The molecule has 138 valence electrons. The van der Waals surface area contributed by atoms with Crippen molar-refractivity contribution in [1.82, 2.24) is 5.32 Å². The average Bonchev–Trinajstić information content (AvgIpc) is 2.60. The Morgan fingerprint density at radius 1 is 0.885 bits per heavy atom. The van der Waals surface area contributed by atoms with Crippen LogP contribution in [-0.2, 0) is 0 Å². The minimum absolute atomic E-state index is 0.0305. The van der Waals surface area contributed by atoms with Crippen LogP contribution in [0.2, 0.25) is 0 Å². The highest BCUT2D eigenvalue weighted by Crippen LogP contribution is 2.28. The number of hydrogen-bond donors (Lipinski definition) is 3. The largest absolute Gasteiger partial charge is 0.493 e. The van der Waals surface area contributed by atoms with Crippen molar-refractivity contribution in [2.24, 2.45) is 0 Å². The Hall–Kier alpha value is -3.22. The van der Waals surface area contributed by atoms with Gasteiger partial charge in [-0.15, -0.1) is 0 Å². The summed E-state index contributed by atoms with van der Waals surface area (Å²) >= 11 is 0. The van der Waals surface area contributed by atoms with Crippen LogP contribution in [0.4, 0.5) is 16.2 Å². The van der Waals surface area contributed by atoms with Crippen molar-refractivity contribution < 1.29 is 19.1 Å². The van der Waals surface area contributed by atoms with E-state index in [0.717, 1.165) is 0 Å². The van der Waals surface area contributed by atoms with E-state index in [9.17, 15) is 9.59 Å². The number of hydrogen-bond acceptors (Lipinski definition) is 4. The molecule has 2 aromatic carbocycles. The summed E-state index contributed by atoms with van der Waals surface area (Å²) in [5, 5.41) is 8.25. The van der Waals surface area contributed by atoms with E-state index in [2.05, 4.69) is 16.0 Å². The smallest absolute Gasteiger partial charge is 0.319 e. The molecule has 7 nitrogen and oxygen atoms in total. The molecule has 0 saturated heterocycles. The number of urea groups is 1. The molecule has 0 aliphatic heterocycles. The average molecular weight is 357 g/mol. The van der Waals surface area contributed by atoms with Gasteiger partial charge in [-0.05, 0) is 50.2 Å². The molecule has 0 unspecified atom stereocenters. The molecule has 2 rings (SSSR count). The second kappa shape index (κ2) is 8.75. The van der Waals surface area contributed by atoms with Crippen LogP contribution in [0.5, 0.6) is 11.5 Å². The fourth-order valence-electron chi connectivity index (χ4n) is 2.28. The summed E-state index contributed by atoms with van der Waals surface area (Å²) in [4.78, 5) is 24.2. The number of ether oxygens (including phenoxy) is 2. The minimum atomic E-state index is -0.302. The van der Waals surface area contributed by atoms with Gasteiger partial charge in [-0.25, -0.2) is 4.79 Å². The van der Waals surface area contributed by atoms with Crippen molar-refractivity contribution >= 4 is 23.3 Å². The van der Waals surface area contributed by atoms with Crippen LogP contribution in [-0.4, -0.2) is 32.2 Å². The van der Waals surface area contributed by atoms with Crippen LogP contribution in [0.1, 0.15) is 24.2 Å². The van der Waals surface area contributed by atoms with E-state index in [-0.39, 0.29) is 18.0 Å². The zero-order chi connectivity index (χ0) is 19.1. The Kier molecular flexibility index (Phi) is 6.43. The monoisotopic (exact) mass is 357 g/mol. The van der Waals surface area contributed by atoms with Crippen LogP contribution in [0.25, 0.3) is 0 Å². The second-order valence-electron chi connectivity index (χ2n) is 5.86. The molecule has 3 amide bonds. The number of carbonyl (C=O) groups is 2. The number of carbonyl (C=O) groups excluding carboxylic acids is 2. The van der Waals surface area contributed by atoms with Gasteiger partial charge in [0.1, 0.15) is 0 Å². The molecule has 0 aromatic heterocycles. The lowest BCUT2D eigenvalue weighted by Crippen LogP contribution is -2.34. The van der Waals surface area contributed by atoms with E-state index in [1.807, 2.05) is 13.8 Å². The first-order chi connectivity index (χ1) is 12.4. The lowest BCUT2D eigenvalue weighted by atomic mass is 10.1. The fraction of sp³-hybridized carbons (Fsp3) is 0.263. The Bertz CT molecular complexity index is 790. The highest BCUT2D eigenvalue weighted by Gasteiger charge is 2.11. The molecule has 0 spiro atoms. The molecule has 7 heteroatoms. The molecule has 0 aliphatic rings. The van der Waals surface area contributed by atoms with Gasteiger partial charge in [0, 0.05) is 23.0 Å². The van der Waals surface area contributed by atoms with Crippen molar-refractivity contribution in [3.63, 3.8) is 0 Å². The van der Waals surface area contributed by atoms with Gasteiger partial charge in [0.25, 0.3) is 5.91 Å². The molecule has 2 aromatic rings. The quantitative estimate of drug-likeness (QED) is 0.738. The molecule has 0 atom stereocenters. The van der Waals surface area contributed by atoms with Gasteiger partial charge < -0.3 is 25.4 Å². The molecule has 0 bridgehead atoms. The van der Waals surface area contributed by atoms with Gasteiger partial charge in [-0.3, -0.25) is 4.79 Å². The maximum absolute atomic E-state index is 12.5. The third-order valence-corrected chi connectivity index (χ3v) is 3.44. The summed E-state index contributed by atoms with van der Waals surface area (Å²) < 4.78 is 10.4. The summed E-state index contributed by atoms with van der Waals surface area (Å²) in [5.41, 5.74) is 1.57. The number of anilines is 2. The summed E-state index contributed by atoms with van der Waals surface area (Å²) in [6.07, 6.45) is 0. The first kappa shape index (κ1) is 19.1. The van der Waals surface area contributed by atoms with Gasteiger partial charge >= 0.3 is 6.03 Å². The molecular formula is C19H23N3O4. The zero-order valence-electron chi connectivity index (χ0n) is 15.3. The van der Waals surface area contributed by atoms with Crippen molar-refractivity contribution in [3.8, 4) is 11.5 Å². The van der Waals surface area contributed by atoms with Crippen LogP contribution in [0.3, 0.4) is 0 Å². The summed E-state index contributed by atoms with van der Waals surface area (Å²) in [6.45, 7) is 3.75. The predicted molar refractivity (Wildman–Crippen MR) is 101 cm³/mol. The molecular weight excluding hydrogens is 334 g/mol. The number of methoxy groups -OCH3 is 2. The van der Waals surface area contributed by atoms with E-state index in [1.165, 1.54) is 14.2 Å². The highest BCUT2D eigenvalue weighted by molar-refractivity contribution is 6.05. The van der Waals surface area contributed by atoms with Crippen molar-refractivity contribution in [3.05, 3.63) is 48.0 Å². The van der Waals surface area contributed by atoms with Gasteiger partial charge in [-0.2, -0.15) is 0 Å². The van der Waals surface area contributed by atoms with Crippen LogP contribution < -0.4 is 25.4 Å². The fourth-order valence-corrected chi connectivity index (χ4v) is 2.28. The Morgan fingerprint density at radius 3 is 2.15 bits per heavy atom. The first-order valence-electron chi connectivity index (χ1n) is 8.14. The van der Waals surface area contributed by atoms with Gasteiger partial charge in [0.15, 0.2) is 11.5 Å². The number of amides is 3. The summed E-state index contributed by atoms with van der Waals surface area (Å²) in [7, 11) is 3.04. The van der Waals surface area contributed by atoms with Gasteiger partial charge in [0.2, 0.25) is 0 Å². The third kappa shape index (κ3) is 5.14. The van der Waals surface area contributed by atoms with Crippen molar-refractivity contribution in [1.29, 1.82) is 0 Å². The van der Waals surface area contributed by atoms with Crippen LogP contribution >= 0.6 is 0 Å². The normalized spacial score (nSPS) is 10.2. The van der Waals surface area contributed by atoms with Crippen LogP contribution in [0, 0.1) is 0 Å². The minimum Gasteiger partial charge on any atom is -0.493 e. The summed E-state index contributed by atoms with van der Waals surface area (Å²) in [6, 6.07) is 11.6. The van der Waals surface area contributed by atoms with Crippen LogP contribution in [0.15, 0.2) is 42.5 Å². The van der Waals surface area contributed by atoms with E-state index in [1.54, 1.807) is 42.5 Å². The number of benzene rings is 2. The molecule has 0 fully saturated rings. The van der Waals surface area contributed by atoms with E-state index >= 15 is 0 Å². The Morgan fingerprint density at radius 2 is 1.54 bits per heavy atom. The topological polar surface area (TPSA) is 88.7 Å². The molecule has 0 saturated carbocycles. The number of nitrogens with one attached hydrogen (secondary N) is 3. The summed E-state index contributed by atoms with van der Waals surface area (Å²) in [5.74, 6) is 0.724. The second-order valence-corrected chi connectivity index (χ2v) is 5.86. The molecule has 26 heavy (non-hydrogen) atoms. The lowest BCUT2D eigenvalue weighted by molar-refractivity contribution is 0.102. The molecule has 0 heterocycles. The lowest BCUT2D eigenvalue weighted by Gasteiger charge is -2.12. The van der Waals surface area contributed by atoms with Crippen molar-refractivity contribution in [2.45, 2.75) is 19.9 Å². The molecule has 3 N–H and O–H groups in total. The standard InChI is InChI=1S/C19H23N3O4/c1-12(2)20-19(24)22-15-7-5-6-14(11-15)21-18(23)13-8-9-16(25-3)17(10-13)26-4/h5-12H,1-4H3,(H,21,23)(H2,20,22,24). The molecule has 0 radical (unpaired) electrons. The number of rotatable bonds is 6. The zero-order valence-corrected chi connectivity index (χ0v) is 15.3. The maximum Gasteiger partial charge on any atom is 0.319 e. The highest BCUT2D eigenvalue weighted by atomic mass is 16.5. The Labute approximate surface area is 152 Å². The van der Waals surface area contributed by atoms with Gasteiger partial charge in [0.05, 0.1) is 14.2 Å². The van der Waals surface area contributed by atoms with Crippen molar-refractivity contribution in [2.75, 3.05) is 24.9 Å². The van der Waals surface area contributed by atoms with E-state index in [0.29, 0.717) is 28.4 Å². The van der Waals surface area contributed by atoms with E-state index < -0.39 is 0 Å². The first-order valence-corrected chi connectivity index (χ1v) is 8.14. The molecule has 0 aliphatic carbocycles.